The van der Waals surface area contributed by atoms with Crippen molar-refractivity contribution in [1.29, 1.82) is 0 Å². The van der Waals surface area contributed by atoms with Gasteiger partial charge in [-0.15, -0.1) is 24.8 Å². The maximum Gasteiger partial charge on any atom is 0.303 e. The highest BCUT2D eigenvalue weighted by molar-refractivity contribution is 5.85. The van der Waals surface area contributed by atoms with E-state index in [4.69, 9.17) is 19.3 Å². The molecule has 0 saturated carbocycles. The highest BCUT2D eigenvalue weighted by atomic mass is 35.5. The van der Waals surface area contributed by atoms with Gasteiger partial charge >= 0.3 is 5.97 Å². The van der Waals surface area contributed by atoms with E-state index in [0.717, 1.165) is 82.7 Å². The number of unbranched alkanes of at least 4 members (excludes halogenated alkanes) is 4. The van der Waals surface area contributed by atoms with Crippen molar-refractivity contribution in [3.8, 4) is 17.2 Å². The smallest absolute Gasteiger partial charge is 0.303 e. The molecule has 2 aromatic carbocycles. The first kappa shape index (κ1) is 32.8. The molecule has 0 aromatic heterocycles. The van der Waals surface area contributed by atoms with Crippen LogP contribution in [-0.2, 0) is 17.9 Å². The van der Waals surface area contributed by atoms with E-state index in [9.17, 15) is 4.79 Å². The summed E-state index contributed by atoms with van der Waals surface area (Å²) in [5.74, 6) is 1.37. The zero-order valence-electron chi connectivity index (χ0n) is 22.0. The van der Waals surface area contributed by atoms with Crippen molar-refractivity contribution in [2.45, 2.75) is 51.6 Å². The van der Waals surface area contributed by atoms with Crippen molar-refractivity contribution in [2.24, 2.45) is 0 Å². The van der Waals surface area contributed by atoms with Gasteiger partial charge in [0.2, 0.25) is 5.75 Å². The fourth-order valence-electron chi connectivity index (χ4n) is 4.49. The first-order chi connectivity index (χ1) is 17.1. The molecule has 0 bridgehead atoms. The highest BCUT2D eigenvalue weighted by Crippen LogP contribution is 2.40. The number of hydrogen-bond acceptors (Lipinski definition) is 6. The summed E-state index contributed by atoms with van der Waals surface area (Å²) in [4.78, 5) is 15.6. The van der Waals surface area contributed by atoms with Gasteiger partial charge in [0.25, 0.3) is 0 Å². The Morgan fingerprint density at radius 2 is 1.41 bits per heavy atom. The number of ether oxygens (including phenoxy) is 3. The number of rotatable bonds is 15. The lowest BCUT2D eigenvalue weighted by Crippen LogP contribution is -2.45. The molecule has 0 spiro atoms. The Morgan fingerprint density at radius 3 is 2.03 bits per heavy atom. The lowest BCUT2D eigenvalue weighted by Gasteiger charge is -2.35. The zero-order valence-corrected chi connectivity index (χ0v) is 23.7. The molecule has 3 rings (SSSR count). The monoisotopic (exact) mass is 556 g/mol. The van der Waals surface area contributed by atoms with Crippen LogP contribution < -0.4 is 14.2 Å². The van der Waals surface area contributed by atoms with Gasteiger partial charge in [-0.2, -0.15) is 0 Å². The molecule has 37 heavy (non-hydrogen) atoms. The summed E-state index contributed by atoms with van der Waals surface area (Å²) in [6.07, 6.45) is 4.89. The Balaban J connectivity index is 0.00000342. The molecule has 9 heteroatoms. The quantitative estimate of drug-likeness (QED) is 0.283. The third-order valence-corrected chi connectivity index (χ3v) is 6.47. The van der Waals surface area contributed by atoms with Crippen LogP contribution in [0, 0.1) is 0 Å². The normalized spacial score (nSPS) is 13.8. The lowest BCUT2D eigenvalue weighted by molar-refractivity contribution is -0.137. The predicted molar refractivity (Wildman–Crippen MR) is 152 cm³/mol. The van der Waals surface area contributed by atoms with E-state index >= 15 is 0 Å². The molecule has 7 nitrogen and oxygen atoms in total. The number of methoxy groups -OCH3 is 2. The Labute approximate surface area is 233 Å². The largest absolute Gasteiger partial charge is 0.493 e. The van der Waals surface area contributed by atoms with E-state index in [-0.39, 0.29) is 31.2 Å². The van der Waals surface area contributed by atoms with Gasteiger partial charge in [-0.3, -0.25) is 14.6 Å². The number of carbonyl (C=O) groups is 1. The molecule has 2 aromatic rings. The second-order valence-corrected chi connectivity index (χ2v) is 9.09. The van der Waals surface area contributed by atoms with E-state index in [1.165, 1.54) is 5.56 Å². The van der Waals surface area contributed by atoms with Crippen LogP contribution in [-0.4, -0.2) is 67.9 Å². The van der Waals surface area contributed by atoms with Crippen molar-refractivity contribution >= 4 is 30.8 Å². The molecule has 1 aliphatic heterocycles. The number of halogens is 2. The molecule has 208 valence electrons. The lowest BCUT2D eigenvalue weighted by atomic mass is 10.1. The molecule has 0 unspecified atom stereocenters. The topological polar surface area (TPSA) is 71.5 Å². The molecule has 0 radical (unpaired) electrons. The van der Waals surface area contributed by atoms with Crippen LogP contribution in [0.25, 0.3) is 0 Å². The summed E-state index contributed by atoms with van der Waals surface area (Å²) in [5, 5.41) is 8.74. The molecule has 1 heterocycles. The van der Waals surface area contributed by atoms with Gasteiger partial charge in [0.15, 0.2) is 11.5 Å². The summed E-state index contributed by atoms with van der Waals surface area (Å²) in [7, 11) is 3.30. The van der Waals surface area contributed by atoms with Crippen molar-refractivity contribution in [1.82, 2.24) is 9.80 Å². The number of piperazine rings is 1. The van der Waals surface area contributed by atoms with Crippen LogP contribution in [0.15, 0.2) is 42.5 Å². The van der Waals surface area contributed by atoms with Crippen molar-refractivity contribution in [2.75, 3.05) is 47.0 Å². The van der Waals surface area contributed by atoms with Gasteiger partial charge < -0.3 is 19.3 Å². The molecule has 1 N–H and O–H groups in total. The minimum absolute atomic E-state index is 0. The van der Waals surface area contributed by atoms with Crippen LogP contribution in [0.5, 0.6) is 17.2 Å². The van der Waals surface area contributed by atoms with Crippen LogP contribution in [0.3, 0.4) is 0 Å². The summed E-state index contributed by atoms with van der Waals surface area (Å²) < 4.78 is 17.4. The van der Waals surface area contributed by atoms with Crippen LogP contribution in [0.1, 0.15) is 49.7 Å². The second-order valence-electron chi connectivity index (χ2n) is 9.09. The number of aliphatic carboxylic acids is 1. The third-order valence-electron chi connectivity index (χ3n) is 6.47. The van der Waals surface area contributed by atoms with Gasteiger partial charge in [0.1, 0.15) is 0 Å². The van der Waals surface area contributed by atoms with Crippen molar-refractivity contribution in [3.05, 3.63) is 53.6 Å². The summed E-state index contributed by atoms with van der Waals surface area (Å²) in [6.45, 7) is 6.51. The Morgan fingerprint density at radius 1 is 0.784 bits per heavy atom. The minimum atomic E-state index is -0.719. The molecule has 1 aliphatic rings. The van der Waals surface area contributed by atoms with Gasteiger partial charge in [-0.1, -0.05) is 55.7 Å². The van der Waals surface area contributed by atoms with E-state index in [0.29, 0.717) is 18.1 Å². The van der Waals surface area contributed by atoms with Crippen molar-refractivity contribution < 1.29 is 24.1 Å². The summed E-state index contributed by atoms with van der Waals surface area (Å²) in [5.41, 5.74) is 2.47. The summed E-state index contributed by atoms with van der Waals surface area (Å²) >= 11 is 0. The number of carboxylic acid groups (broad SMARTS) is 1. The summed E-state index contributed by atoms with van der Waals surface area (Å²) in [6, 6.07) is 14.7. The standard InChI is InChI=1S/C28H40N2O5.2ClH/c1-33-25-15-14-24(22-30-18-16-29(17-19-30)21-23-11-7-6-8-12-23)27(28(25)34-2)35-20-10-5-3-4-9-13-26(31)32;;/h6-8,11-12,14-15H,3-5,9-10,13,16-22H2,1-2H3,(H,31,32);2*1H. The van der Waals surface area contributed by atoms with E-state index < -0.39 is 5.97 Å². The van der Waals surface area contributed by atoms with Crippen LogP contribution >= 0.6 is 24.8 Å². The molecule has 0 amide bonds. The first-order valence-corrected chi connectivity index (χ1v) is 12.7. The minimum Gasteiger partial charge on any atom is -0.493 e. The van der Waals surface area contributed by atoms with Gasteiger partial charge in [0, 0.05) is 51.3 Å². The molecule has 0 aliphatic carbocycles. The molecular weight excluding hydrogens is 515 g/mol. The Kier molecular flexibility index (Phi) is 16.1. The number of hydrogen-bond donors (Lipinski definition) is 1. The Hall–Kier alpha value is -2.19. The molecule has 0 atom stereocenters. The molecular formula is C28H42Cl2N2O5. The fourth-order valence-corrected chi connectivity index (χ4v) is 4.49. The number of carboxylic acids is 1. The number of nitrogens with zero attached hydrogens (tertiary/aromatic N) is 2. The zero-order chi connectivity index (χ0) is 24.9. The van der Waals surface area contributed by atoms with E-state index in [1.807, 2.05) is 6.07 Å². The number of benzene rings is 2. The van der Waals surface area contributed by atoms with Crippen molar-refractivity contribution in [3.63, 3.8) is 0 Å². The SMILES string of the molecule is COc1ccc(CN2CCN(Cc3ccccc3)CC2)c(OCCCCCCCC(=O)O)c1OC.Cl.Cl. The third kappa shape index (κ3) is 11.0. The maximum absolute atomic E-state index is 10.6. The molecule has 1 saturated heterocycles. The fraction of sp³-hybridized carbons (Fsp3) is 0.536. The maximum atomic E-state index is 10.6. The van der Waals surface area contributed by atoms with Crippen LogP contribution in [0.2, 0.25) is 0 Å². The van der Waals surface area contributed by atoms with Crippen LogP contribution in [0.4, 0.5) is 0 Å². The average molecular weight is 558 g/mol. The van der Waals surface area contributed by atoms with Gasteiger partial charge in [-0.05, 0) is 24.5 Å². The van der Waals surface area contributed by atoms with E-state index in [2.05, 4.69) is 46.2 Å². The highest BCUT2D eigenvalue weighted by Gasteiger charge is 2.22. The van der Waals surface area contributed by atoms with E-state index in [1.54, 1.807) is 14.2 Å². The second kappa shape index (κ2) is 18.1. The average Bonchev–Trinajstić information content (AvgIpc) is 2.87. The van der Waals surface area contributed by atoms with Gasteiger partial charge in [-0.25, -0.2) is 0 Å². The predicted octanol–water partition coefficient (Wildman–Crippen LogP) is 5.67. The first-order valence-electron chi connectivity index (χ1n) is 12.7. The van der Waals surface area contributed by atoms with Gasteiger partial charge in [0.05, 0.1) is 20.8 Å². The Bertz CT molecular complexity index is 909. The molecule has 1 fully saturated rings.